The van der Waals surface area contributed by atoms with Gasteiger partial charge in [0.25, 0.3) is 0 Å². The molecule has 0 bridgehead atoms. The molecule has 4 heteroatoms. The molecule has 0 saturated carbocycles. The zero-order valence-electron chi connectivity index (χ0n) is 6.77. The Morgan fingerprint density at radius 3 is 2.36 bits per heavy atom. The summed E-state index contributed by atoms with van der Waals surface area (Å²) in [7, 11) is 1.76. The maximum absolute atomic E-state index is 5.81. The van der Waals surface area contributed by atoms with E-state index < -0.39 is 0 Å². The predicted octanol–water partition coefficient (Wildman–Crippen LogP) is 1.79. The van der Waals surface area contributed by atoms with Gasteiger partial charge in [0.2, 0.25) is 5.95 Å². The summed E-state index contributed by atoms with van der Waals surface area (Å²) in [4.78, 5) is 8.14. The van der Waals surface area contributed by atoms with E-state index in [1.54, 1.807) is 7.05 Å². The summed E-state index contributed by atoms with van der Waals surface area (Å²) >= 11 is 5.81. The van der Waals surface area contributed by atoms with E-state index in [2.05, 4.69) is 15.3 Å². The minimum Gasteiger partial charge on any atom is -0.357 e. The number of nitrogens with zero attached hydrogens (tertiary/aromatic N) is 2. The molecule has 0 radical (unpaired) electrons. The maximum Gasteiger partial charge on any atom is 0.224 e. The highest BCUT2D eigenvalue weighted by Gasteiger charge is 2.03. The van der Waals surface area contributed by atoms with E-state index in [4.69, 9.17) is 11.6 Å². The van der Waals surface area contributed by atoms with Crippen LogP contribution in [0.5, 0.6) is 0 Å². The molecule has 0 aliphatic heterocycles. The summed E-state index contributed by atoms with van der Waals surface area (Å²) < 4.78 is 0. The predicted molar refractivity (Wildman–Crippen MR) is 46.1 cm³/mol. The van der Waals surface area contributed by atoms with Crippen molar-refractivity contribution in [3.8, 4) is 0 Å². The number of aromatic nitrogens is 2. The summed E-state index contributed by atoms with van der Waals surface area (Å²) in [6.07, 6.45) is 0. The monoisotopic (exact) mass is 171 g/mol. The van der Waals surface area contributed by atoms with Gasteiger partial charge < -0.3 is 5.32 Å². The van der Waals surface area contributed by atoms with Crippen molar-refractivity contribution < 1.29 is 0 Å². The van der Waals surface area contributed by atoms with Crippen LogP contribution in [0, 0.1) is 13.8 Å². The second-order valence-electron chi connectivity index (χ2n) is 2.30. The Kier molecular flexibility index (Phi) is 2.29. The molecule has 1 aromatic heterocycles. The minimum absolute atomic E-state index is 0.516. The molecule has 1 N–H and O–H groups in total. The van der Waals surface area contributed by atoms with Crippen LogP contribution >= 0.6 is 11.6 Å². The standard InChI is InChI=1S/C7H10ClN3/c1-4-5(2)10-7(9-3)11-6(4)8/h1-3H3,(H,9,10,11). The molecule has 0 saturated heterocycles. The Labute approximate surface area is 70.8 Å². The molecule has 0 aliphatic carbocycles. The number of aryl methyl sites for hydroxylation is 1. The van der Waals surface area contributed by atoms with E-state index in [-0.39, 0.29) is 0 Å². The lowest BCUT2D eigenvalue weighted by Crippen LogP contribution is -2.00. The third kappa shape index (κ3) is 1.60. The maximum atomic E-state index is 5.81. The largest absolute Gasteiger partial charge is 0.357 e. The van der Waals surface area contributed by atoms with Crippen LogP contribution in [0.4, 0.5) is 5.95 Å². The van der Waals surface area contributed by atoms with Crippen molar-refractivity contribution in [2.75, 3.05) is 12.4 Å². The number of anilines is 1. The van der Waals surface area contributed by atoms with Crippen LogP contribution in [0.25, 0.3) is 0 Å². The highest BCUT2D eigenvalue weighted by molar-refractivity contribution is 6.30. The zero-order chi connectivity index (χ0) is 8.43. The Bertz CT molecular complexity index is 249. The van der Waals surface area contributed by atoms with Gasteiger partial charge in [-0.25, -0.2) is 9.97 Å². The Hall–Kier alpha value is -0.830. The van der Waals surface area contributed by atoms with Crippen molar-refractivity contribution >= 4 is 17.5 Å². The SMILES string of the molecule is CNc1nc(C)c(C)c(Cl)n1. The summed E-state index contributed by atoms with van der Waals surface area (Å²) in [5.74, 6) is 0.568. The highest BCUT2D eigenvalue weighted by atomic mass is 35.5. The second kappa shape index (κ2) is 3.05. The van der Waals surface area contributed by atoms with Gasteiger partial charge >= 0.3 is 0 Å². The fraction of sp³-hybridized carbons (Fsp3) is 0.429. The van der Waals surface area contributed by atoms with Crippen LogP contribution in [-0.2, 0) is 0 Å². The van der Waals surface area contributed by atoms with Gasteiger partial charge in [-0.05, 0) is 13.8 Å². The third-order valence-corrected chi connectivity index (χ3v) is 1.92. The molecule has 0 atom stereocenters. The number of rotatable bonds is 1. The van der Waals surface area contributed by atoms with Gasteiger partial charge in [0.15, 0.2) is 0 Å². The molecule has 1 rings (SSSR count). The van der Waals surface area contributed by atoms with Crippen molar-refractivity contribution in [3.63, 3.8) is 0 Å². The molecule has 1 aromatic rings. The lowest BCUT2D eigenvalue weighted by molar-refractivity contribution is 1.06. The first-order valence-electron chi connectivity index (χ1n) is 3.33. The molecule has 3 nitrogen and oxygen atoms in total. The first-order chi connectivity index (χ1) is 5.15. The minimum atomic E-state index is 0.516. The van der Waals surface area contributed by atoms with E-state index >= 15 is 0 Å². The molecule has 0 spiro atoms. The Morgan fingerprint density at radius 2 is 1.91 bits per heavy atom. The van der Waals surface area contributed by atoms with Crippen molar-refractivity contribution in [2.24, 2.45) is 0 Å². The summed E-state index contributed by atoms with van der Waals surface area (Å²) in [6, 6.07) is 0. The van der Waals surface area contributed by atoms with Crippen LogP contribution in [-0.4, -0.2) is 17.0 Å². The quantitative estimate of drug-likeness (QED) is 0.655. The Balaban J connectivity index is 3.21. The van der Waals surface area contributed by atoms with Crippen LogP contribution < -0.4 is 5.32 Å². The van der Waals surface area contributed by atoms with Crippen LogP contribution in [0.1, 0.15) is 11.3 Å². The van der Waals surface area contributed by atoms with Gasteiger partial charge in [0, 0.05) is 18.3 Å². The summed E-state index contributed by atoms with van der Waals surface area (Å²) in [5.41, 5.74) is 1.85. The fourth-order valence-corrected chi connectivity index (χ4v) is 0.922. The molecule has 0 aliphatic rings. The topological polar surface area (TPSA) is 37.8 Å². The molecule has 0 unspecified atom stereocenters. The number of hydrogen-bond acceptors (Lipinski definition) is 3. The highest BCUT2D eigenvalue weighted by Crippen LogP contribution is 2.15. The van der Waals surface area contributed by atoms with Crippen LogP contribution in [0.3, 0.4) is 0 Å². The zero-order valence-corrected chi connectivity index (χ0v) is 7.53. The summed E-state index contributed by atoms with van der Waals surface area (Å²) in [5, 5.41) is 3.34. The average molecular weight is 172 g/mol. The van der Waals surface area contributed by atoms with E-state index in [1.807, 2.05) is 13.8 Å². The second-order valence-corrected chi connectivity index (χ2v) is 2.66. The van der Waals surface area contributed by atoms with E-state index in [1.165, 1.54) is 0 Å². The third-order valence-electron chi connectivity index (χ3n) is 1.55. The number of nitrogens with one attached hydrogen (secondary N) is 1. The van der Waals surface area contributed by atoms with Gasteiger partial charge in [-0.3, -0.25) is 0 Å². The van der Waals surface area contributed by atoms with Gasteiger partial charge in [-0.15, -0.1) is 0 Å². The molecule has 0 aromatic carbocycles. The van der Waals surface area contributed by atoms with Gasteiger partial charge in [0.1, 0.15) is 5.15 Å². The molecule has 1 heterocycles. The van der Waals surface area contributed by atoms with E-state index in [9.17, 15) is 0 Å². The normalized spacial score (nSPS) is 9.82. The Morgan fingerprint density at radius 1 is 1.27 bits per heavy atom. The van der Waals surface area contributed by atoms with E-state index in [0.717, 1.165) is 11.3 Å². The van der Waals surface area contributed by atoms with Crippen molar-refractivity contribution in [2.45, 2.75) is 13.8 Å². The smallest absolute Gasteiger partial charge is 0.224 e. The lowest BCUT2D eigenvalue weighted by atomic mass is 10.3. The van der Waals surface area contributed by atoms with Crippen molar-refractivity contribution in [3.05, 3.63) is 16.4 Å². The first-order valence-corrected chi connectivity index (χ1v) is 3.71. The van der Waals surface area contributed by atoms with Crippen molar-refractivity contribution in [1.29, 1.82) is 0 Å². The van der Waals surface area contributed by atoms with Crippen LogP contribution in [0.15, 0.2) is 0 Å². The molecular weight excluding hydrogens is 162 g/mol. The first kappa shape index (κ1) is 8.27. The molecule has 60 valence electrons. The molecule has 0 fully saturated rings. The van der Waals surface area contributed by atoms with Gasteiger partial charge in [-0.2, -0.15) is 0 Å². The van der Waals surface area contributed by atoms with E-state index in [0.29, 0.717) is 11.1 Å². The summed E-state index contributed by atoms with van der Waals surface area (Å²) in [6.45, 7) is 3.81. The number of halogens is 1. The average Bonchev–Trinajstić information content (AvgIpc) is 1.99. The van der Waals surface area contributed by atoms with Crippen LogP contribution in [0.2, 0.25) is 5.15 Å². The molecular formula is C7H10ClN3. The van der Waals surface area contributed by atoms with Crippen molar-refractivity contribution in [1.82, 2.24) is 9.97 Å². The fourth-order valence-electron chi connectivity index (χ4n) is 0.706. The van der Waals surface area contributed by atoms with Gasteiger partial charge in [-0.1, -0.05) is 11.6 Å². The number of hydrogen-bond donors (Lipinski definition) is 1. The lowest BCUT2D eigenvalue weighted by Gasteiger charge is -2.03. The molecule has 11 heavy (non-hydrogen) atoms. The molecule has 0 amide bonds. The van der Waals surface area contributed by atoms with Gasteiger partial charge in [0.05, 0.1) is 0 Å².